The Morgan fingerprint density at radius 1 is 0.976 bits per heavy atom. The van der Waals surface area contributed by atoms with Gasteiger partial charge in [0.15, 0.2) is 11.5 Å². The molecule has 1 N–H and O–H groups in total. The Labute approximate surface area is 244 Å². The molecule has 11 heteroatoms. The van der Waals surface area contributed by atoms with Crippen LogP contribution in [0.4, 0.5) is 10.1 Å². The molecule has 9 nitrogen and oxygen atoms in total. The fourth-order valence-electron chi connectivity index (χ4n) is 4.99. The van der Waals surface area contributed by atoms with Crippen molar-refractivity contribution in [3.63, 3.8) is 0 Å². The first-order valence-corrected chi connectivity index (χ1v) is 14.8. The van der Waals surface area contributed by atoms with E-state index in [1.165, 1.54) is 36.5 Å². The van der Waals surface area contributed by atoms with E-state index in [2.05, 4.69) is 41.1 Å². The van der Waals surface area contributed by atoms with Crippen molar-refractivity contribution in [2.75, 3.05) is 24.1 Å². The number of fused-ring (bicyclic) bond motifs is 1. The van der Waals surface area contributed by atoms with Gasteiger partial charge in [-0.2, -0.15) is 5.10 Å². The molecule has 5 rings (SSSR count). The minimum absolute atomic E-state index is 0.105. The van der Waals surface area contributed by atoms with Crippen LogP contribution < -0.4 is 19.2 Å². The van der Waals surface area contributed by atoms with Crippen LogP contribution in [-0.4, -0.2) is 44.9 Å². The lowest BCUT2D eigenvalue weighted by atomic mass is 10.1. The quantitative estimate of drug-likeness (QED) is 0.231. The van der Waals surface area contributed by atoms with Crippen LogP contribution in [0.1, 0.15) is 28.1 Å². The van der Waals surface area contributed by atoms with Crippen LogP contribution in [0.25, 0.3) is 5.69 Å². The predicted molar refractivity (Wildman–Crippen MR) is 159 cm³/mol. The molecule has 0 saturated carbocycles. The summed E-state index contributed by atoms with van der Waals surface area (Å²) < 4.78 is 55.2. The molecule has 1 aromatic heterocycles. The number of halogens is 1. The molecule has 2 heterocycles. The molecule has 3 aromatic carbocycles. The highest BCUT2D eigenvalue weighted by molar-refractivity contribution is 7.92. The van der Waals surface area contributed by atoms with Gasteiger partial charge >= 0.3 is 0 Å². The van der Waals surface area contributed by atoms with Gasteiger partial charge in [0.2, 0.25) is 0 Å². The Morgan fingerprint density at radius 3 is 2.33 bits per heavy atom. The van der Waals surface area contributed by atoms with Gasteiger partial charge in [-0.3, -0.25) is 9.10 Å². The third-order valence-electron chi connectivity index (χ3n) is 7.03. The van der Waals surface area contributed by atoms with E-state index in [0.29, 0.717) is 12.4 Å². The summed E-state index contributed by atoms with van der Waals surface area (Å²) >= 11 is 0. The highest BCUT2D eigenvalue weighted by Crippen LogP contribution is 2.34. The zero-order chi connectivity index (χ0) is 30.0. The summed E-state index contributed by atoms with van der Waals surface area (Å²) in [5, 5.41) is 4.11. The standard InChI is InChI=1S/C31H31FN4O5S/c1-20-6-5-7-21(2)31(20)36-22(3)16-24(23(36)4)18-33-34-30(37)19-35(26-10-8-25(32)9-11-26)42(38,39)27-12-13-28-29(17-27)41-15-14-40-28/h5-13,16-18H,14-15,19H2,1-4H3,(H,34,37)/b33-18-. The Hall–Kier alpha value is -4.64. The summed E-state index contributed by atoms with van der Waals surface area (Å²) in [6.45, 7) is 8.13. The van der Waals surface area contributed by atoms with Gasteiger partial charge in [0.1, 0.15) is 25.6 Å². The second-order valence-corrected chi connectivity index (χ2v) is 11.9. The Morgan fingerprint density at radius 2 is 1.64 bits per heavy atom. The molecule has 0 unspecified atom stereocenters. The van der Waals surface area contributed by atoms with Gasteiger partial charge in [-0.05, 0) is 81.3 Å². The number of carbonyl (C=O) groups is 1. The molecule has 0 radical (unpaired) electrons. The molecule has 1 aliphatic heterocycles. The number of hydrazone groups is 1. The van der Waals surface area contributed by atoms with E-state index in [0.717, 1.165) is 50.2 Å². The summed E-state index contributed by atoms with van der Waals surface area (Å²) in [6.07, 6.45) is 1.53. The van der Waals surface area contributed by atoms with Gasteiger partial charge in [0.25, 0.3) is 15.9 Å². The number of hydrogen-bond donors (Lipinski definition) is 1. The molecule has 1 amide bonds. The first-order valence-electron chi connectivity index (χ1n) is 13.3. The van der Waals surface area contributed by atoms with Crippen molar-refractivity contribution in [3.8, 4) is 17.2 Å². The van der Waals surface area contributed by atoms with Crippen molar-refractivity contribution in [2.24, 2.45) is 5.10 Å². The third kappa shape index (κ3) is 5.73. The van der Waals surface area contributed by atoms with Gasteiger partial charge in [0.05, 0.1) is 22.5 Å². The lowest BCUT2D eigenvalue weighted by molar-refractivity contribution is -0.119. The minimum atomic E-state index is -4.26. The molecule has 42 heavy (non-hydrogen) atoms. The van der Waals surface area contributed by atoms with Crippen LogP contribution in [0.3, 0.4) is 0 Å². The van der Waals surface area contributed by atoms with Crippen molar-refractivity contribution in [3.05, 3.63) is 101 Å². The van der Waals surface area contributed by atoms with Crippen LogP contribution in [0.5, 0.6) is 11.5 Å². The molecule has 218 valence electrons. The molecule has 0 atom stereocenters. The van der Waals surface area contributed by atoms with E-state index < -0.39 is 28.3 Å². The van der Waals surface area contributed by atoms with Gasteiger partial charge in [0, 0.05) is 23.0 Å². The summed E-state index contributed by atoms with van der Waals surface area (Å²) in [6, 6.07) is 17.2. The lowest BCUT2D eigenvalue weighted by Crippen LogP contribution is -2.39. The summed E-state index contributed by atoms with van der Waals surface area (Å²) in [4.78, 5) is 12.9. The third-order valence-corrected chi connectivity index (χ3v) is 8.80. The average molecular weight is 591 g/mol. The molecule has 1 aliphatic rings. The van der Waals surface area contributed by atoms with Gasteiger partial charge in [-0.25, -0.2) is 18.2 Å². The van der Waals surface area contributed by atoms with E-state index in [4.69, 9.17) is 9.47 Å². The number of aryl methyl sites for hydroxylation is 3. The van der Waals surface area contributed by atoms with Crippen LogP contribution in [0.15, 0.2) is 76.7 Å². The number of benzene rings is 3. The smallest absolute Gasteiger partial charge is 0.264 e. The fourth-order valence-corrected chi connectivity index (χ4v) is 6.43. The summed E-state index contributed by atoms with van der Waals surface area (Å²) in [7, 11) is -4.26. The van der Waals surface area contributed by atoms with E-state index >= 15 is 0 Å². The number of sulfonamides is 1. The van der Waals surface area contributed by atoms with Crippen molar-refractivity contribution < 1.29 is 27.1 Å². The topological polar surface area (TPSA) is 102 Å². The molecule has 0 spiro atoms. The normalized spacial score (nSPS) is 12.9. The first kappa shape index (κ1) is 28.9. The van der Waals surface area contributed by atoms with Crippen LogP contribution >= 0.6 is 0 Å². The highest BCUT2D eigenvalue weighted by Gasteiger charge is 2.29. The number of nitrogens with one attached hydrogen (secondary N) is 1. The SMILES string of the molecule is Cc1cccc(C)c1-n1c(C)cc(/C=N\NC(=O)CN(c2ccc(F)cc2)S(=O)(=O)c2ccc3c(c2)OCCO3)c1C. The molecular formula is C31H31FN4O5S. The number of ether oxygens (including phenoxy) is 2. The summed E-state index contributed by atoms with van der Waals surface area (Å²) in [5.41, 5.74) is 8.65. The molecule has 4 aromatic rings. The Bertz CT molecular complexity index is 1760. The van der Waals surface area contributed by atoms with Crippen LogP contribution in [-0.2, 0) is 14.8 Å². The molecular weight excluding hydrogens is 559 g/mol. The number of nitrogens with zero attached hydrogens (tertiary/aromatic N) is 3. The van der Waals surface area contributed by atoms with E-state index in [9.17, 15) is 17.6 Å². The highest BCUT2D eigenvalue weighted by atomic mass is 32.2. The predicted octanol–water partition coefficient (Wildman–Crippen LogP) is 4.97. The Balaban J connectivity index is 1.38. The largest absolute Gasteiger partial charge is 0.486 e. The zero-order valence-electron chi connectivity index (χ0n) is 23.7. The average Bonchev–Trinajstić information content (AvgIpc) is 3.24. The van der Waals surface area contributed by atoms with Crippen molar-refractivity contribution >= 4 is 27.8 Å². The molecule has 0 aliphatic carbocycles. The van der Waals surface area contributed by atoms with E-state index in [-0.39, 0.29) is 22.9 Å². The van der Waals surface area contributed by atoms with Crippen molar-refractivity contribution in [1.29, 1.82) is 0 Å². The van der Waals surface area contributed by atoms with Gasteiger partial charge in [-0.1, -0.05) is 18.2 Å². The maximum absolute atomic E-state index is 13.7. The Kier molecular flexibility index (Phi) is 8.04. The molecule has 0 saturated heterocycles. The van der Waals surface area contributed by atoms with Crippen LogP contribution in [0.2, 0.25) is 0 Å². The zero-order valence-corrected chi connectivity index (χ0v) is 24.5. The summed E-state index contributed by atoms with van der Waals surface area (Å²) in [5.74, 6) is -0.505. The number of carbonyl (C=O) groups excluding carboxylic acids is 1. The number of amides is 1. The second-order valence-electron chi connectivity index (χ2n) is 9.99. The monoisotopic (exact) mass is 590 g/mol. The van der Waals surface area contributed by atoms with Gasteiger partial charge in [-0.15, -0.1) is 0 Å². The van der Waals surface area contributed by atoms with Gasteiger partial charge < -0.3 is 14.0 Å². The maximum Gasteiger partial charge on any atom is 0.264 e. The van der Waals surface area contributed by atoms with Crippen molar-refractivity contribution in [2.45, 2.75) is 32.6 Å². The van der Waals surface area contributed by atoms with Crippen molar-refractivity contribution in [1.82, 2.24) is 9.99 Å². The number of hydrogen-bond acceptors (Lipinski definition) is 6. The number of rotatable bonds is 8. The fraction of sp³-hybridized carbons (Fsp3) is 0.226. The minimum Gasteiger partial charge on any atom is -0.486 e. The lowest BCUT2D eigenvalue weighted by Gasteiger charge is -2.25. The second kappa shape index (κ2) is 11.7. The van der Waals surface area contributed by atoms with E-state index in [1.54, 1.807) is 0 Å². The first-order chi connectivity index (χ1) is 20.1. The number of aromatic nitrogens is 1. The number of anilines is 1. The molecule has 0 fully saturated rings. The molecule has 0 bridgehead atoms. The maximum atomic E-state index is 13.7. The van der Waals surface area contributed by atoms with E-state index in [1.807, 2.05) is 26.0 Å². The number of para-hydroxylation sites is 1. The van der Waals surface area contributed by atoms with Crippen LogP contribution in [0, 0.1) is 33.5 Å².